The van der Waals surface area contributed by atoms with Crippen molar-refractivity contribution >= 4 is 17.2 Å². The number of hydrogen-bond donors (Lipinski definition) is 0. The van der Waals surface area contributed by atoms with Crippen molar-refractivity contribution in [1.29, 1.82) is 0 Å². The Bertz CT molecular complexity index is 39.7. The fourth-order valence-corrected chi connectivity index (χ4v) is 0.490. The molecule has 0 aliphatic heterocycles. The molecule has 0 bridgehead atoms. The summed E-state index contributed by atoms with van der Waals surface area (Å²) in [6.07, 6.45) is 0. The van der Waals surface area contributed by atoms with Crippen LogP contribution in [0, 0.1) is 0 Å². The van der Waals surface area contributed by atoms with Gasteiger partial charge in [-0.05, 0) is 0 Å². The summed E-state index contributed by atoms with van der Waals surface area (Å²) in [7, 11) is -6.47. The van der Waals surface area contributed by atoms with Crippen LogP contribution >= 0.6 is 17.2 Å². The monoisotopic (exact) mass is 245 g/mol. The predicted octanol–water partition coefficient (Wildman–Crippen LogP) is -3.10. The van der Waals surface area contributed by atoms with Gasteiger partial charge in [-0.1, -0.05) is 0 Å². The summed E-state index contributed by atoms with van der Waals surface area (Å²) in [6, 6.07) is 0. The fourth-order valence-electron chi connectivity index (χ4n) is 0.0544. The number of hydrogen-bond acceptors (Lipinski definition) is 5. The molecule has 0 unspecified atom stereocenters. The van der Waals surface area contributed by atoms with Crippen LogP contribution in [0.15, 0.2) is 0 Å². The van der Waals surface area contributed by atoms with Crippen LogP contribution in [0.1, 0.15) is 0 Å². The molecule has 1 radical (unpaired) electrons. The van der Waals surface area contributed by atoms with E-state index in [1.54, 1.807) is 0 Å². The van der Waals surface area contributed by atoms with E-state index in [1.165, 1.54) is 0 Å². The van der Waals surface area contributed by atoms with E-state index in [4.69, 9.17) is 0 Å². The molecule has 0 saturated carbocycles. The molecule has 0 rings (SSSR count). The van der Waals surface area contributed by atoms with Crippen LogP contribution in [-0.2, 0) is 23.8 Å². The van der Waals surface area contributed by atoms with E-state index >= 15 is 0 Å². The van der Waals surface area contributed by atoms with Crippen LogP contribution in [0.3, 0.4) is 0 Å². The molecule has 8 heavy (non-hydrogen) atoms. The van der Waals surface area contributed by atoms with Gasteiger partial charge < -0.3 is 23.9 Å². The van der Waals surface area contributed by atoms with Gasteiger partial charge in [-0.3, -0.25) is 0 Å². The molecule has 0 aromatic heterocycles. The third-order valence-corrected chi connectivity index (χ3v) is 1.20. The van der Waals surface area contributed by atoms with Crippen molar-refractivity contribution < 1.29 is 43.4 Å². The molecule has 0 atom stereocenters. The van der Waals surface area contributed by atoms with Gasteiger partial charge in [-0.2, -0.15) is 17.2 Å². The first-order valence-electron chi connectivity index (χ1n) is 1.10. The Kier molecular flexibility index (Phi) is 9.61. The van der Waals surface area contributed by atoms with E-state index in [9.17, 15) is 19.6 Å². The molecule has 0 amide bonds. The molecule has 8 heteroatoms. The van der Waals surface area contributed by atoms with Gasteiger partial charge in [0.2, 0.25) is 0 Å². The third-order valence-electron chi connectivity index (χ3n) is 0.133. The van der Waals surface area contributed by atoms with E-state index in [2.05, 4.69) is 4.31 Å². The van der Waals surface area contributed by atoms with E-state index in [1.807, 2.05) is 0 Å². The molecule has 0 fully saturated rings. The minimum Gasteiger partial charge on any atom is -0.820 e. The van der Waals surface area contributed by atoms with Gasteiger partial charge in [0.15, 0.2) is 0 Å². The Morgan fingerprint density at radius 1 is 0.875 bits per heavy atom. The molecular formula is O5P2Rh-4. The maximum atomic E-state index is 9.24. The molecule has 0 aromatic rings. The van der Waals surface area contributed by atoms with Gasteiger partial charge in [-0.25, -0.2) is 0 Å². The summed E-state index contributed by atoms with van der Waals surface area (Å²) in [6.45, 7) is 0. The molecular weight excluding hydrogens is 245 g/mol. The van der Waals surface area contributed by atoms with Gasteiger partial charge >= 0.3 is 0 Å². The predicted molar refractivity (Wildman–Crippen MR) is 14.9 cm³/mol. The Labute approximate surface area is 61.1 Å². The molecule has 53 valence electrons. The minimum atomic E-state index is -3.24. The summed E-state index contributed by atoms with van der Waals surface area (Å²) >= 11 is 0. The molecule has 5 nitrogen and oxygen atoms in total. The van der Waals surface area contributed by atoms with E-state index in [0.29, 0.717) is 0 Å². The molecule has 0 heterocycles. The van der Waals surface area contributed by atoms with E-state index < -0.39 is 17.2 Å². The summed E-state index contributed by atoms with van der Waals surface area (Å²) in [5, 5.41) is 0. The molecule has 0 aliphatic carbocycles. The van der Waals surface area contributed by atoms with E-state index in [0.717, 1.165) is 0 Å². The first-order chi connectivity index (χ1) is 3.13. The van der Waals surface area contributed by atoms with Crippen molar-refractivity contribution in [2.45, 2.75) is 0 Å². The smallest absolute Gasteiger partial charge is 0 e. The minimum absolute atomic E-state index is 0. The second-order valence-corrected chi connectivity index (χ2v) is 2.08. The quantitative estimate of drug-likeness (QED) is 0.378. The van der Waals surface area contributed by atoms with Crippen LogP contribution in [0.4, 0.5) is 0 Å². The van der Waals surface area contributed by atoms with Crippen LogP contribution < -0.4 is 19.6 Å². The maximum absolute atomic E-state index is 9.24. The van der Waals surface area contributed by atoms with Crippen LogP contribution in [0.25, 0.3) is 0 Å². The summed E-state index contributed by atoms with van der Waals surface area (Å²) in [5.74, 6) is 0. The Morgan fingerprint density at radius 2 is 1.12 bits per heavy atom. The van der Waals surface area contributed by atoms with Gasteiger partial charge in [0, 0.05) is 19.5 Å². The topological polar surface area (TPSA) is 101 Å². The zero-order valence-corrected chi connectivity index (χ0v) is 6.70. The van der Waals surface area contributed by atoms with Gasteiger partial charge in [0.25, 0.3) is 0 Å². The van der Waals surface area contributed by atoms with Crippen molar-refractivity contribution in [1.82, 2.24) is 0 Å². The SMILES string of the molecule is [O-]P([O-])OP([O-])[O-].[Rh]. The zero-order valence-electron chi connectivity index (χ0n) is 3.27. The van der Waals surface area contributed by atoms with E-state index in [-0.39, 0.29) is 19.5 Å². The Morgan fingerprint density at radius 3 is 1.12 bits per heavy atom. The average Bonchev–Trinajstić information content (AvgIpc) is 1.27. The Hall–Kier alpha value is 1.28. The first kappa shape index (κ1) is 12.0. The average molecular weight is 245 g/mol. The molecule has 0 spiro atoms. The zero-order chi connectivity index (χ0) is 5.86. The molecule has 0 saturated heterocycles. The second-order valence-electron chi connectivity index (χ2n) is 0.529. The van der Waals surface area contributed by atoms with Crippen LogP contribution in [0.2, 0.25) is 0 Å². The Balaban J connectivity index is 0. The molecule has 0 N–H and O–H groups in total. The van der Waals surface area contributed by atoms with Crippen molar-refractivity contribution in [2.75, 3.05) is 0 Å². The van der Waals surface area contributed by atoms with Crippen molar-refractivity contribution in [3.05, 3.63) is 0 Å². The van der Waals surface area contributed by atoms with Crippen LogP contribution in [-0.4, -0.2) is 0 Å². The second kappa shape index (κ2) is 6.40. The first-order valence-corrected chi connectivity index (χ1v) is 3.29. The van der Waals surface area contributed by atoms with Crippen molar-refractivity contribution in [3.63, 3.8) is 0 Å². The van der Waals surface area contributed by atoms with Crippen molar-refractivity contribution in [3.8, 4) is 0 Å². The standard InChI is InChI=1S/O5P2.Rh/c1-6(2)5-7(3)4;/q-4;. The van der Waals surface area contributed by atoms with Crippen molar-refractivity contribution in [2.24, 2.45) is 0 Å². The number of rotatable bonds is 2. The summed E-state index contributed by atoms with van der Waals surface area (Å²) < 4.78 is 3.16. The van der Waals surface area contributed by atoms with Gasteiger partial charge in [0.1, 0.15) is 0 Å². The normalized spacial score (nSPS) is 9.75. The largest absolute Gasteiger partial charge is 0.820 e. The maximum Gasteiger partial charge on any atom is 0 e. The fraction of sp³-hybridized carbons (Fsp3) is 0. The molecule has 0 aliphatic rings. The summed E-state index contributed by atoms with van der Waals surface area (Å²) in [4.78, 5) is 37.0. The van der Waals surface area contributed by atoms with Gasteiger partial charge in [-0.15, -0.1) is 0 Å². The van der Waals surface area contributed by atoms with Crippen LogP contribution in [0.5, 0.6) is 0 Å². The van der Waals surface area contributed by atoms with Gasteiger partial charge in [0.05, 0.1) is 0 Å². The summed E-state index contributed by atoms with van der Waals surface area (Å²) in [5.41, 5.74) is 0. The molecule has 0 aromatic carbocycles. The third kappa shape index (κ3) is 10.3.